The molecule has 4 aromatic heterocycles. The SMILES string of the molecule is CC(=O)N1CCC(c2csc(Nc3ncc(Sc4ccnc5ccsc45)cc3Oc3ccccc3)n2)C1. The minimum atomic E-state index is 0.118. The van der Waals surface area contributed by atoms with Gasteiger partial charge in [0.2, 0.25) is 5.91 Å². The maximum atomic E-state index is 11.7. The van der Waals surface area contributed by atoms with Gasteiger partial charge in [0.25, 0.3) is 0 Å². The Morgan fingerprint density at radius 2 is 2.05 bits per heavy atom. The number of nitrogens with zero attached hydrogens (tertiary/aromatic N) is 4. The number of ether oxygens (including phenoxy) is 1. The molecule has 5 aromatic rings. The van der Waals surface area contributed by atoms with Gasteiger partial charge >= 0.3 is 0 Å². The predicted octanol–water partition coefficient (Wildman–Crippen LogP) is 7.17. The van der Waals surface area contributed by atoms with E-state index in [0.717, 1.165) is 56.1 Å². The number of aromatic nitrogens is 3. The summed E-state index contributed by atoms with van der Waals surface area (Å²) in [6.07, 6.45) is 4.62. The molecular formula is C27H23N5O2S3. The number of amides is 1. The minimum Gasteiger partial charge on any atom is -0.453 e. The Morgan fingerprint density at radius 3 is 2.89 bits per heavy atom. The van der Waals surface area contributed by atoms with Crippen LogP contribution in [0.15, 0.2) is 81.5 Å². The van der Waals surface area contributed by atoms with Crippen molar-refractivity contribution in [2.75, 3.05) is 18.4 Å². The molecule has 7 nitrogen and oxygen atoms in total. The molecule has 186 valence electrons. The monoisotopic (exact) mass is 545 g/mol. The number of hydrogen-bond donors (Lipinski definition) is 1. The van der Waals surface area contributed by atoms with Gasteiger partial charge in [0.1, 0.15) is 5.75 Å². The van der Waals surface area contributed by atoms with Crippen molar-refractivity contribution in [1.29, 1.82) is 0 Å². The summed E-state index contributed by atoms with van der Waals surface area (Å²) in [6, 6.07) is 15.7. The van der Waals surface area contributed by atoms with E-state index in [1.54, 1.807) is 30.0 Å². The molecule has 1 aromatic carbocycles. The van der Waals surface area contributed by atoms with Crippen LogP contribution in [0.2, 0.25) is 0 Å². The first-order valence-corrected chi connectivity index (χ1v) is 14.4. The smallest absolute Gasteiger partial charge is 0.219 e. The molecule has 37 heavy (non-hydrogen) atoms. The number of carbonyl (C=O) groups excluding carboxylic acids is 1. The van der Waals surface area contributed by atoms with E-state index in [4.69, 9.17) is 14.7 Å². The molecule has 1 amide bonds. The van der Waals surface area contributed by atoms with Crippen molar-refractivity contribution in [1.82, 2.24) is 19.9 Å². The number of thiazole rings is 1. The van der Waals surface area contributed by atoms with E-state index in [1.165, 1.54) is 11.3 Å². The third-order valence-electron chi connectivity index (χ3n) is 6.13. The zero-order valence-electron chi connectivity index (χ0n) is 20.0. The number of fused-ring (bicyclic) bond motifs is 1. The number of anilines is 2. The van der Waals surface area contributed by atoms with Crippen LogP contribution in [0.5, 0.6) is 11.5 Å². The van der Waals surface area contributed by atoms with Gasteiger partial charge in [0.15, 0.2) is 16.7 Å². The number of para-hydroxylation sites is 1. The van der Waals surface area contributed by atoms with E-state index < -0.39 is 0 Å². The van der Waals surface area contributed by atoms with Gasteiger partial charge in [-0.15, -0.1) is 22.7 Å². The lowest BCUT2D eigenvalue weighted by Gasteiger charge is -2.13. The maximum absolute atomic E-state index is 11.7. The Labute approximate surface area is 226 Å². The second-order valence-corrected chi connectivity index (χ2v) is 11.5. The van der Waals surface area contributed by atoms with Crippen LogP contribution in [0.1, 0.15) is 25.0 Å². The summed E-state index contributed by atoms with van der Waals surface area (Å²) in [4.78, 5) is 29.7. The molecule has 0 saturated carbocycles. The summed E-state index contributed by atoms with van der Waals surface area (Å²) in [5.41, 5.74) is 2.00. The quantitative estimate of drug-likeness (QED) is 0.232. The van der Waals surface area contributed by atoms with Crippen molar-refractivity contribution in [3.8, 4) is 11.5 Å². The van der Waals surface area contributed by atoms with Crippen molar-refractivity contribution in [3.63, 3.8) is 0 Å². The Hall–Kier alpha value is -3.47. The highest BCUT2D eigenvalue weighted by atomic mass is 32.2. The highest BCUT2D eigenvalue weighted by Crippen LogP contribution is 2.40. The van der Waals surface area contributed by atoms with Crippen LogP contribution in [-0.2, 0) is 4.79 Å². The Morgan fingerprint density at radius 1 is 1.16 bits per heavy atom. The second kappa shape index (κ2) is 10.5. The normalized spacial score (nSPS) is 15.3. The first kappa shape index (κ1) is 23.9. The van der Waals surface area contributed by atoms with Crippen LogP contribution in [0.4, 0.5) is 10.9 Å². The lowest BCUT2D eigenvalue weighted by molar-refractivity contribution is -0.127. The molecule has 1 aliphatic heterocycles. The molecule has 0 aliphatic carbocycles. The molecule has 1 fully saturated rings. The fraction of sp³-hybridized carbons (Fsp3) is 0.185. The van der Waals surface area contributed by atoms with Gasteiger partial charge in [-0.25, -0.2) is 9.97 Å². The van der Waals surface area contributed by atoms with Crippen molar-refractivity contribution in [3.05, 3.63) is 77.4 Å². The van der Waals surface area contributed by atoms with E-state index in [1.807, 2.05) is 65.8 Å². The zero-order chi connectivity index (χ0) is 25.2. The van der Waals surface area contributed by atoms with Crippen LogP contribution >= 0.6 is 34.4 Å². The van der Waals surface area contributed by atoms with E-state index >= 15 is 0 Å². The molecule has 10 heteroatoms. The summed E-state index contributed by atoms with van der Waals surface area (Å²) in [5, 5.41) is 8.23. The van der Waals surface area contributed by atoms with Gasteiger partial charge in [-0.3, -0.25) is 9.78 Å². The Bertz CT molecular complexity index is 1550. The largest absolute Gasteiger partial charge is 0.453 e. The fourth-order valence-electron chi connectivity index (χ4n) is 4.25. The molecule has 6 rings (SSSR count). The molecule has 1 atom stereocenters. The lowest BCUT2D eigenvalue weighted by atomic mass is 10.1. The number of carbonyl (C=O) groups is 1. The lowest BCUT2D eigenvalue weighted by Crippen LogP contribution is -2.25. The van der Waals surface area contributed by atoms with Gasteiger partial charge < -0.3 is 15.0 Å². The number of nitrogens with one attached hydrogen (secondary N) is 1. The average molecular weight is 546 g/mol. The van der Waals surface area contributed by atoms with Crippen LogP contribution < -0.4 is 10.1 Å². The van der Waals surface area contributed by atoms with Gasteiger partial charge in [-0.05, 0) is 36.1 Å². The maximum Gasteiger partial charge on any atom is 0.219 e. The molecule has 0 spiro atoms. The molecule has 1 N–H and O–H groups in total. The molecule has 1 saturated heterocycles. The summed E-state index contributed by atoms with van der Waals surface area (Å²) in [5.74, 6) is 2.33. The Balaban J connectivity index is 1.26. The number of pyridine rings is 2. The molecule has 1 aliphatic rings. The van der Waals surface area contributed by atoms with E-state index in [9.17, 15) is 4.79 Å². The number of hydrogen-bond acceptors (Lipinski definition) is 9. The second-order valence-electron chi connectivity index (χ2n) is 8.63. The molecule has 5 heterocycles. The third-order valence-corrected chi connectivity index (χ3v) is 8.99. The third kappa shape index (κ3) is 5.31. The van der Waals surface area contributed by atoms with Crippen LogP contribution in [0.25, 0.3) is 10.2 Å². The van der Waals surface area contributed by atoms with Gasteiger partial charge in [0, 0.05) is 59.6 Å². The van der Waals surface area contributed by atoms with E-state index in [-0.39, 0.29) is 11.8 Å². The van der Waals surface area contributed by atoms with Gasteiger partial charge in [0.05, 0.1) is 15.9 Å². The van der Waals surface area contributed by atoms with Gasteiger partial charge in [-0.2, -0.15) is 0 Å². The first-order chi connectivity index (χ1) is 18.1. The topological polar surface area (TPSA) is 80.2 Å². The zero-order valence-corrected chi connectivity index (χ0v) is 22.4. The summed E-state index contributed by atoms with van der Waals surface area (Å²) >= 11 is 4.86. The number of benzene rings is 1. The highest BCUT2D eigenvalue weighted by Gasteiger charge is 2.27. The highest BCUT2D eigenvalue weighted by molar-refractivity contribution is 7.99. The number of thiophene rings is 1. The summed E-state index contributed by atoms with van der Waals surface area (Å²) in [6.45, 7) is 3.12. The van der Waals surface area contributed by atoms with Gasteiger partial charge in [-0.1, -0.05) is 30.0 Å². The van der Waals surface area contributed by atoms with E-state index in [0.29, 0.717) is 11.6 Å². The van der Waals surface area contributed by atoms with Crippen molar-refractivity contribution in [2.24, 2.45) is 0 Å². The number of rotatable bonds is 7. The van der Waals surface area contributed by atoms with Crippen molar-refractivity contribution >= 4 is 61.5 Å². The molecular weight excluding hydrogens is 523 g/mol. The van der Waals surface area contributed by atoms with Crippen molar-refractivity contribution < 1.29 is 9.53 Å². The van der Waals surface area contributed by atoms with Crippen LogP contribution in [0.3, 0.4) is 0 Å². The standard InChI is InChI=1S/C27H23N5O2S3/c1-17(33)32-11-8-18(15-32)22-16-36-27(30-22)31-26-23(34-19-5-3-2-4-6-19)13-20(14-29-26)37-24-7-10-28-21-9-12-35-25(21)24/h2-7,9-10,12-14,16,18H,8,11,15H2,1H3,(H,29,30,31). The van der Waals surface area contributed by atoms with E-state index in [2.05, 4.69) is 21.1 Å². The van der Waals surface area contributed by atoms with Crippen LogP contribution in [0, 0.1) is 0 Å². The number of likely N-dealkylation sites (tertiary alicyclic amines) is 1. The molecule has 0 bridgehead atoms. The average Bonchev–Trinajstić information content (AvgIpc) is 3.67. The minimum absolute atomic E-state index is 0.118. The molecule has 1 unspecified atom stereocenters. The van der Waals surface area contributed by atoms with Crippen molar-refractivity contribution in [2.45, 2.75) is 29.1 Å². The molecule has 0 radical (unpaired) electrons. The Kier molecular flexibility index (Phi) is 6.77. The fourth-order valence-corrected chi connectivity index (χ4v) is 6.92. The summed E-state index contributed by atoms with van der Waals surface area (Å²) < 4.78 is 7.42. The van der Waals surface area contributed by atoms with Crippen LogP contribution in [-0.4, -0.2) is 38.8 Å². The first-order valence-electron chi connectivity index (χ1n) is 11.8. The summed E-state index contributed by atoms with van der Waals surface area (Å²) in [7, 11) is 0. The predicted molar refractivity (Wildman–Crippen MR) is 150 cm³/mol.